The third kappa shape index (κ3) is 4.95. The van der Waals surface area contributed by atoms with Crippen molar-refractivity contribution in [1.82, 2.24) is 0 Å². The lowest BCUT2D eigenvalue weighted by Crippen LogP contribution is -2.18. The zero-order valence-corrected chi connectivity index (χ0v) is 16.2. The maximum absolute atomic E-state index is 12.0. The van der Waals surface area contributed by atoms with E-state index in [1.54, 1.807) is 13.2 Å². The molecule has 0 aliphatic heterocycles. The summed E-state index contributed by atoms with van der Waals surface area (Å²) in [4.78, 5) is 12.0. The Labute approximate surface area is 141 Å². The van der Waals surface area contributed by atoms with Crippen molar-refractivity contribution in [2.45, 2.75) is 66.2 Å². The van der Waals surface area contributed by atoms with Gasteiger partial charge in [0.1, 0.15) is 5.75 Å². The second-order valence-electron chi connectivity index (χ2n) is 8.54. The van der Waals surface area contributed by atoms with Crippen LogP contribution in [0.25, 0.3) is 6.08 Å². The van der Waals surface area contributed by atoms with Crippen molar-refractivity contribution in [2.75, 3.05) is 7.11 Å². The summed E-state index contributed by atoms with van der Waals surface area (Å²) in [6, 6.07) is 4.37. The van der Waals surface area contributed by atoms with Crippen LogP contribution in [0.5, 0.6) is 5.75 Å². The summed E-state index contributed by atoms with van der Waals surface area (Å²) in [7, 11) is 1.70. The third-order valence-electron chi connectivity index (χ3n) is 3.99. The van der Waals surface area contributed by atoms with Crippen LogP contribution in [-0.2, 0) is 15.6 Å². The first-order chi connectivity index (χ1) is 10.4. The van der Waals surface area contributed by atoms with Crippen molar-refractivity contribution in [3.63, 3.8) is 0 Å². The van der Waals surface area contributed by atoms with Crippen molar-refractivity contribution in [3.05, 3.63) is 34.9 Å². The molecule has 0 fully saturated rings. The minimum atomic E-state index is -0.0305. The van der Waals surface area contributed by atoms with E-state index in [0.717, 1.165) is 11.3 Å². The molecular formula is C21H32O2. The molecule has 0 aliphatic carbocycles. The van der Waals surface area contributed by atoms with Gasteiger partial charge in [-0.1, -0.05) is 61.5 Å². The van der Waals surface area contributed by atoms with Gasteiger partial charge < -0.3 is 4.74 Å². The van der Waals surface area contributed by atoms with Gasteiger partial charge in [0.25, 0.3) is 0 Å². The van der Waals surface area contributed by atoms with Gasteiger partial charge in [0.15, 0.2) is 5.78 Å². The molecule has 0 saturated heterocycles. The predicted molar refractivity (Wildman–Crippen MR) is 99.3 cm³/mol. The van der Waals surface area contributed by atoms with Gasteiger partial charge in [-0.3, -0.25) is 4.79 Å². The van der Waals surface area contributed by atoms with Crippen LogP contribution in [0.2, 0.25) is 0 Å². The monoisotopic (exact) mass is 316 g/mol. The summed E-state index contributed by atoms with van der Waals surface area (Å²) in [6.45, 7) is 17.0. The first-order valence-electron chi connectivity index (χ1n) is 8.33. The number of ether oxygens (including phenoxy) is 1. The molecule has 0 unspecified atom stereocenters. The first-order valence-corrected chi connectivity index (χ1v) is 8.33. The highest BCUT2D eigenvalue weighted by atomic mass is 16.5. The lowest BCUT2D eigenvalue weighted by molar-refractivity contribution is -0.117. The summed E-state index contributed by atoms with van der Waals surface area (Å²) < 4.78 is 5.70. The van der Waals surface area contributed by atoms with Gasteiger partial charge in [-0.2, -0.15) is 0 Å². The van der Waals surface area contributed by atoms with Crippen LogP contribution in [0, 0.1) is 5.92 Å². The van der Waals surface area contributed by atoms with E-state index in [1.165, 1.54) is 11.1 Å². The molecule has 0 aromatic heterocycles. The summed E-state index contributed by atoms with van der Waals surface area (Å²) in [5, 5.41) is 0. The van der Waals surface area contributed by atoms with Gasteiger partial charge in [0.05, 0.1) is 7.11 Å². The highest BCUT2D eigenvalue weighted by molar-refractivity contribution is 5.95. The zero-order valence-electron chi connectivity index (χ0n) is 16.2. The van der Waals surface area contributed by atoms with Crippen LogP contribution in [0.1, 0.15) is 72.1 Å². The Kier molecular flexibility index (Phi) is 5.84. The minimum absolute atomic E-state index is 0.00475. The number of hydrogen-bond acceptors (Lipinski definition) is 2. The Bertz CT molecular complexity index is 593. The standard InChI is InChI=1S/C21H32O2/c1-14(2)18(22)11-10-15-12-16(20(3,4)5)13-17(19(15)23-9)21(6,7)8/h10-14H,1-9H3. The Balaban J connectivity index is 3.57. The molecule has 0 atom stereocenters. The van der Waals surface area contributed by atoms with Gasteiger partial charge >= 0.3 is 0 Å². The second-order valence-corrected chi connectivity index (χ2v) is 8.54. The molecule has 0 heterocycles. The Morgan fingerprint density at radius 2 is 1.61 bits per heavy atom. The number of rotatable bonds is 4. The highest BCUT2D eigenvalue weighted by Gasteiger charge is 2.25. The van der Waals surface area contributed by atoms with Crippen LogP contribution in [-0.4, -0.2) is 12.9 Å². The van der Waals surface area contributed by atoms with E-state index in [1.807, 2.05) is 19.9 Å². The van der Waals surface area contributed by atoms with E-state index in [0.29, 0.717) is 0 Å². The van der Waals surface area contributed by atoms with Gasteiger partial charge in [-0.15, -0.1) is 0 Å². The number of carbonyl (C=O) groups excluding carboxylic acids is 1. The van der Waals surface area contributed by atoms with Gasteiger partial charge in [-0.25, -0.2) is 0 Å². The Hall–Kier alpha value is -1.57. The van der Waals surface area contributed by atoms with Gasteiger partial charge in [-0.05, 0) is 34.6 Å². The van der Waals surface area contributed by atoms with Gasteiger partial charge in [0, 0.05) is 17.0 Å². The molecule has 0 bridgehead atoms. The van der Waals surface area contributed by atoms with Crippen molar-refractivity contribution in [1.29, 1.82) is 0 Å². The fraction of sp³-hybridized carbons (Fsp3) is 0.571. The van der Waals surface area contributed by atoms with Crippen LogP contribution < -0.4 is 4.74 Å². The van der Waals surface area contributed by atoms with Crippen molar-refractivity contribution in [2.24, 2.45) is 5.92 Å². The fourth-order valence-electron chi connectivity index (χ4n) is 2.36. The molecule has 0 radical (unpaired) electrons. The van der Waals surface area contributed by atoms with E-state index in [-0.39, 0.29) is 22.5 Å². The summed E-state index contributed by atoms with van der Waals surface area (Å²) >= 11 is 0. The maximum Gasteiger partial charge on any atom is 0.158 e. The van der Waals surface area contributed by atoms with Crippen molar-refractivity contribution in [3.8, 4) is 5.75 Å². The fourth-order valence-corrected chi connectivity index (χ4v) is 2.36. The third-order valence-corrected chi connectivity index (χ3v) is 3.99. The summed E-state index contributed by atoms with van der Waals surface area (Å²) in [5.41, 5.74) is 3.40. The molecule has 128 valence electrons. The number of benzene rings is 1. The second kappa shape index (κ2) is 6.90. The van der Waals surface area contributed by atoms with E-state index >= 15 is 0 Å². The summed E-state index contributed by atoms with van der Waals surface area (Å²) in [6.07, 6.45) is 3.56. The molecule has 0 spiro atoms. The molecule has 0 N–H and O–H groups in total. The summed E-state index contributed by atoms with van der Waals surface area (Å²) in [5.74, 6) is 0.994. The van der Waals surface area contributed by atoms with Crippen LogP contribution in [0.3, 0.4) is 0 Å². The average Bonchev–Trinajstić information content (AvgIpc) is 2.41. The molecule has 1 aromatic carbocycles. The topological polar surface area (TPSA) is 26.3 Å². The lowest BCUT2D eigenvalue weighted by Gasteiger charge is -2.28. The lowest BCUT2D eigenvalue weighted by atomic mass is 9.79. The molecule has 0 amide bonds. The number of ketones is 1. The zero-order chi connectivity index (χ0) is 18.0. The number of allylic oxidation sites excluding steroid dienone is 1. The molecule has 2 nitrogen and oxygen atoms in total. The SMILES string of the molecule is COc1c(C=CC(=O)C(C)C)cc(C(C)(C)C)cc1C(C)(C)C. The minimum Gasteiger partial charge on any atom is -0.496 e. The van der Waals surface area contributed by atoms with Crippen molar-refractivity contribution < 1.29 is 9.53 Å². The molecule has 2 heteroatoms. The quantitative estimate of drug-likeness (QED) is 0.683. The first kappa shape index (κ1) is 19.5. The Morgan fingerprint density at radius 1 is 1.04 bits per heavy atom. The van der Waals surface area contributed by atoms with E-state index in [2.05, 4.69) is 53.7 Å². The van der Waals surface area contributed by atoms with E-state index in [4.69, 9.17) is 4.74 Å². The number of methoxy groups -OCH3 is 1. The maximum atomic E-state index is 12.0. The van der Waals surface area contributed by atoms with Crippen LogP contribution >= 0.6 is 0 Å². The average molecular weight is 316 g/mol. The smallest absolute Gasteiger partial charge is 0.158 e. The molecule has 1 rings (SSSR count). The number of carbonyl (C=O) groups is 1. The van der Waals surface area contributed by atoms with Crippen molar-refractivity contribution >= 4 is 11.9 Å². The molecule has 0 saturated carbocycles. The Morgan fingerprint density at radius 3 is 2.00 bits per heavy atom. The highest BCUT2D eigenvalue weighted by Crippen LogP contribution is 2.38. The van der Waals surface area contributed by atoms with E-state index in [9.17, 15) is 4.79 Å². The molecule has 1 aromatic rings. The normalized spacial score (nSPS) is 13.0. The van der Waals surface area contributed by atoms with Crippen LogP contribution in [0.15, 0.2) is 18.2 Å². The molecular weight excluding hydrogens is 284 g/mol. The molecule has 23 heavy (non-hydrogen) atoms. The van der Waals surface area contributed by atoms with E-state index < -0.39 is 0 Å². The number of hydrogen-bond donors (Lipinski definition) is 0. The molecule has 0 aliphatic rings. The predicted octanol–water partition coefficient (Wildman–Crippen LogP) is 5.53. The largest absolute Gasteiger partial charge is 0.496 e. The van der Waals surface area contributed by atoms with Gasteiger partial charge in [0.2, 0.25) is 0 Å². The van der Waals surface area contributed by atoms with Crippen LogP contribution in [0.4, 0.5) is 0 Å².